The first-order chi connectivity index (χ1) is 15.2. The van der Waals surface area contributed by atoms with Crippen LogP contribution in [0, 0.1) is 12.8 Å². The van der Waals surface area contributed by atoms with E-state index in [1.54, 1.807) is 24.4 Å². The van der Waals surface area contributed by atoms with Gasteiger partial charge in [-0.2, -0.15) is 5.10 Å². The van der Waals surface area contributed by atoms with Crippen molar-refractivity contribution in [3.8, 4) is 0 Å². The van der Waals surface area contributed by atoms with Crippen molar-refractivity contribution in [3.05, 3.63) is 47.7 Å². The highest BCUT2D eigenvalue weighted by Crippen LogP contribution is 2.10. The first-order valence-corrected chi connectivity index (χ1v) is 10.9. The van der Waals surface area contributed by atoms with E-state index in [1.807, 2.05) is 44.9 Å². The number of anilines is 1. The summed E-state index contributed by atoms with van der Waals surface area (Å²) in [6.07, 6.45) is 1.67. The number of amides is 3. The highest BCUT2D eigenvalue weighted by Gasteiger charge is 2.25. The van der Waals surface area contributed by atoms with Crippen LogP contribution in [-0.4, -0.2) is 76.6 Å². The second-order valence-electron chi connectivity index (χ2n) is 8.63. The van der Waals surface area contributed by atoms with Crippen molar-refractivity contribution >= 4 is 23.5 Å². The Bertz CT molecular complexity index is 945. The summed E-state index contributed by atoms with van der Waals surface area (Å²) in [5.41, 5.74) is 1.56. The van der Waals surface area contributed by atoms with Gasteiger partial charge in [0.2, 0.25) is 11.8 Å². The van der Waals surface area contributed by atoms with Gasteiger partial charge in [0.05, 0.1) is 0 Å². The molecule has 1 saturated heterocycles. The Morgan fingerprint density at radius 3 is 2.31 bits per heavy atom. The molecule has 0 aliphatic carbocycles. The van der Waals surface area contributed by atoms with E-state index < -0.39 is 6.04 Å². The monoisotopic (exact) mass is 440 g/mol. The van der Waals surface area contributed by atoms with Gasteiger partial charge < -0.3 is 20.4 Å². The number of aromatic nitrogens is 2. The minimum absolute atomic E-state index is 0.00416. The minimum Gasteiger partial charge on any atom is -0.340 e. The van der Waals surface area contributed by atoms with Crippen LogP contribution in [0.25, 0.3) is 0 Å². The van der Waals surface area contributed by atoms with Crippen LogP contribution in [-0.2, 0) is 16.1 Å². The quantitative estimate of drug-likeness (QED) is 0.677. The van der Waals surface area contributed by atoms with E-state index in [0.717, 1.165) is 18.7 Å². The molecular formula is C23H32N6O3. The van der Waals surface area contributed by atoms with E-state index in [2.05, 4.69) is 20.6 Å². The summed E-state index contributed by atoms with van der Waals surface area (Å²) in [5, 5.41) is 9.86. The van der Waals surface area contributed by atoms with Crippen molar-refractivity contribution < 1.29 is 14.4 Å². The SMILES string of the molecule is Cc1ccc(C(=O)NC(C(=O)Nc2ccn(CC(=O)N3CCN(C)CC3)n2)C(C)C)cc1. The topological polar surface area (TPSA) is 99.6 Å². The third-order valence-corrected chi connectivity index (χ3v) is 5.59. The van der Waals surface area contributed by atoms with E-state index in [-0.39, 0.29) is 30.2 Å². The summed E-state index contributed by atoms with van der Waals surface area (Å²) < 4.78 is 1.52. The minimum atomic E-state index is -0.721. The molecule has 1 aromatic heterocycles. The zero-order chi connectivity index (χ0) is 23.3. The molecule has 1 aliphatic heterocycles. The lowest BCUT2D eigenvalue weighted by Crippen LogP contribution is -2.48. The number of carbonyl (C=O) groups excluding carboxylic acids is 3. The first kappa shape index (κ1) is 23.5. The van der Waals surface area contributed by atoms with E-state index in [1.165, 1.54) is 4.68 Å². The van der Waals surface area contributed by atoms with E-state index in [9.17, 15) is 14.4 Å². The third kappa shape index (κ3) is 6.16. The van der Waals surface area contributed by atoms with Gasteiger partial charge in [-0.1, -0.05) is 31.5 Å². The van der Waals surface area contributed by atoms with E-state index >= 15 is 0 Å². The lowest BCUT2D eigenvalue weighted by atomic mass is 10.0. The zero-order valence-corrected chi connectivity index (χ0v) is 19.2. The second kappa shape index (κ2) is 10.4. The van der Waals surface area contributed by atoms with E-state index in [4.69, 9.17) is 0 Å². The Kier molecular flexibility index (Phi) is 7.63. The van der Waals surface area contributed by atoms with Crippen molar-refractivity contribution in [2.24, 2.45) is 5.92 Å². The van der Waals surface area contributed by atoms with Crippen LogP contribution in [0.3, 0.4) is 0 Å². The number of likely N-dealkylation sites (N-methyl/N-ethyl adjacent to an activating group) is 1. The Balaban J connectivity index is 1.57. The summed E-state index contributed by atoms with van der Waals surface area (Å²) >= 11 is 0. The lowest BCUT2D eigenvalue weighted by molar-refractivity contribution is -0.133. The highest BCUT2D eigenvalue weighted by molar-refractivity contribution is 6.01. The average Bonchev–Trinajstić information content (AvgIpc) is 3.19. The predicted octanol–water partition coefficient (Wildman–Crippen LogP) is 1.36. The van der Waals surface area contributed by atoms with Crippen LogP contribution < -0.4 is 10.6 Å². The molecule has 9 heteroatoms. The van der Waals surface area contributed by atoms with Crippen LogP contribution >= 0.6 is 0 Å². The summed E-state index contributed by atoms with van der Waals surface area (Å²) in [6, 6.07) is 8.11. The molecule has 0 spiro atoms. The van der Waals surface area contributed by atoms with Crippen LogP contribution in [0.4, 0.5) is 5.82 Å². The molecule has 9 nitrogen and oxygen atoms in total. The van der Waals surface area contributed by atoms with Crippen molar-refractivity contribution in [3.63, 3.8) is 0 Å². The number of nitrogens with zero attached hydrogens (tertiary/aromatic N) is 4. The molecule has 3 amide bonds. The predicted molar refractivity (Wildman–Crippen MR) is 122 cm³/mol. The van der Waals surface area contributed by atoms with E-state index in [0.29, 0.717) is 24.5 Å². The Hall–Kier alpha value is -3.20. The van der Waals surface area contributed by atoms with Gasteiger partial charge in [-0.25, -0.2) is 0 Å². The molecule has 3 rings (SSSR count). The average molecular weight is 441 g/mol. The molecule has 1 atom stereocenters. The van der Waals surface area contributed by atoms with Gasteiger partial charge in [-0.05, 0) is 32.0 Å². The second-order valence-corrected chi connectivity index (χ2v) is 8.63. The largest absolute Gasteiger partial charge is 0.340 e. The fourth-order valence-electron chi connectivity index (χ4n) is 3.48. The molecule has 0 bridgehead atoms. The number of carbonyl (C=O) groups is 3. The molecule has 1 unspecified atom stereocenters. The summed E-state index contributed by atoms with van der Waals surface area (Å²) in [7, 11) is 2.04. The van der Waals surface area contributed by atoms with Gasteiger partial charge in [0.25, 0.3) is 5.91 Å². The van der Waals surface area contributed by atoms with Gasteiger partial charge in [0, 0.05) is 44.0 Å². The number of piperazine rings is 1. The van der Waals surface area contributed by atoms with Crippen LogP contribution in [0.1, 0.15) is 29.8 Å². The Labute approximate surface area is 188 Å². The van der Waals surface area contributed by atoms with Crippen molar-refractivity contribution in [1.82, 2.24) is 24.9 Å². The van der Waals surface area contributed by atoms with Gasteiger partial charge in [-0.15, -0.1) is 0 Å². The lowest BCUT2D eigenvalue weighted by Gasteiger charge is -2.32. The number of rotatable bonds is 7. The molecule has 172 valence electrons. The maximum Gasteiger partial charge on any atom is 0.251 e. The molecule has 0 saturated carbocycles. The molecular weight excluding hydrogens is 408 g/mol. The summed E-state index contributed by atoms with van der Waals surface area (Å²) in [4.78, 5) is 41.9. The fraction of sp³-hybridized carbons (Fsp3) is 0.478. The van der Waals surface area contributed by atoms with Crippen LogP contribution in [0.15, 0.2) is 36.5 Å². The molecule has 2 aromatic rings. The van der Waals surface area contributed by atoms with Crippen molar-refractivity contribution in [2.75, 3.05) is 38.5 Å². The molecule has 2 N–H and O–H groups in total. The number of hydrogen-bond acceptors (Lipinski definition) is 5. The molecule has 32 heavy (non-hydrogen) atoms. The molecule has 2 heterocycles. The zero-order valence-electron chi connectivity index (χ0n) is 19.2. The first-order valence-electron chi connectivity index (χ1n) is 10.9. The van der Waals surface area contributed by atoms with Crippen molar-refractivity contribution in [2.45, 2.75) is 33.4 Å². The maximum atomic E-state index is 12.8. The van der Waals surface area contributed by atoms with Gasteiger partial charge >= 0.3 is 0 Å². The third-order valence-electron chi connectivity index (χ3n) is 5.59. The van der Waals surface area contributed by atoms with Gasteiger partial charge in [0.1, 0.15) is 12.6 Å². The smallest absolute Gasteiger partial charge is 0.251 e. The molecule has 1 aromatic carbocycles. The number of hydrogen-bond donors (Lipinski definition) is 2. The normalized spacial score (nSPS) is 15.5. The Morgan fingerprint density at radius 2 is 1.69 bits per heavy atom. The van der Waals surface area contributed by atoms with Crippen LogP contribution in [0.2, 0.25) is 0 Å². The fourth-order valence-corrected chi connectivity index (χ4v) is 3.48. The molecule has 0 radical (unpaired) electrons. The van der Waals surface area contributed by atoms with Gasteiger partial charge in [-0.3, -0.25) is 19.1 Å². The summed E-state index contributed by atoms with van der Waals surface area (Å²) in [6.45, 7) is 8.93. The molecule has 1 fully saturated rings. The highest BCUT2D eigenvalue weighted by atomic mass is 16.2. The number of nitrogens with one attached hydrogen (secondary N) is 2. The summed E-state index contributed by atoms with van der Waals surface area (Å²) in [5.74, 6) is -0.426. The number of benzene rings is 1. The molecule has 1 aliphatic rings. The van der Waals surface area contributed by atoms with Crippen LogP contribution in [0.5, 0.6) is 0 Å². The standard InChI is InChI=1S/C23H32N6O3/c1-16(2)21(25-22(31)18-7-5-17(3)6-8-18)23(32)24-19-9-10-29(26-19)15-20(30)28-13-11-27(4)12-14-28/h5-10,16,21H,11-15H2,1-4H3,(H,25,31)(H,24,26,32). The van der Waals surface area contributed by atoms with Crippen molar-refractivity contribution in [1.29, 1.82) is 0 Å². The maximum absolute atomic E-state index is 12.8. The Morgan fingerprint density at radius 1 is 1.03 bits per heavy atom. The van der Waals surface area contributed by atoms with Gasteiger partial charge in [0.15, 0.2) is 5.82 Å². The number of aryl methyl sites for hydroxylation is 1.